The molecule has 0 bridgehead atoms. The summed E-state index contributed by atoms with van der Waals surface area (Å²) in [6.07, 6.45) is 3.95. The fourth-order valence-corrected chi connectivity index (χ4v) is 2.96. The number of amides is 1. The van der Waals surface area contributed by atoms with Gasteiger partial charge in [0.15, 0.2) is 0 Å². The van der Waals surface area contributed by atoms with Crippen molar-refractivity contribution in [3.05, 3.63) is 35.4 Å². The van der Waals surface area contributed by atoms with Gasteiger partial charge in [-0.3, -0.25) is 4.79 Å². The summed E-state index contributed by atoms with van der Waals surface area (Å²) in [6, 6.07) is 8.31. The summed E-state index contributed by atoms with van der Waals surface area (Å²) in [5.41, 5.74) is 2.36. The smallest absolute Gasteiger partial charge is 0.226 e. The molecule has 1 N–H and O–H groups in total. The van der Waals surface area contributed by atoms with Crippen LogP contribution in [0.25, 0.3) is 0 Å². The van der Waals surface area contributed by atoms with Gasteiger partial charge in [-0.2, -0.15) is 0 Å². The van der Waals surface area contributed by atoms with Crippen LogP contribution < -0.4 is 5.32 Å². The lowest BCUT2D eigenvalue weighted by Crippen LogP contribution is -2.40. The largest absolute Gasteiger partial charge is 0.342 e. The minimum atomic E-state index is 0.277. The number of hydrogen-bond acceptors (Lipinski definition) is 2. The normalized spacial score (nSPS) is 15.9. The zero-order chi connectivity index (χ0) is 15.1. The van der Waals surface area contributed by atoms with Gasteiger partial charge in [-0.05, 0) is 50.8 Å². The molecule has 0 saturated carbocycles. The highest BCUT2D eigenvalue weighted by molar-refractivity contribution is 5.78. The third kappa shape index (κ3) is 5.16. The third-order valence-electron chi connectivity index (χ3n) is 4.26. The molecule has 0 radical (unpaired) electrons. The van der Waals surface area contributed by atoms with E-state index >= 15 is 0 Å². The summed E-state index contributed by atoms with van der Waals surface area (Å²) in [7, 11) is 0. The second kappa shape index (κ2) is 8.18. The van der Waals surface area contributed by atoms with Gasteiger partial charge in [-0.25, -0.2) is 0 Å². The molecule has 1 aromatic carbocycles. The second-order valence-corrected chi connectivity index (χ2v) is 6.20. The molecule has 1 aliphatic heterocycles. The minimum Gasteiger partial charge on any atom is -0.342 e. The lowest BCUT2D eigenvalue weighted by molar-refractivity contribution is -0.131. The molecule has 0 aromatic heterocycles. The van der Waals surface area contributed by atoms with Gasteiger partial charge in [0, 0.05) is 13.1 Å². The number of nitrogens with one attached hydrogen (secondary N) is 1. The molecule has 1 heterocycles. The topological polar surface area (TPSA) is 32.3 Å². The molecule has 0 unspecified atom stereocenters. The van der Waals surface area contributed by atoms with Crippen LogP contribution in [0.4, 0.5) is 0 Å². The van der Waals surface area contributed by atoms with Gasteiger partial charge in [-0.1, -0.05) is 36.8 Å². The van der Waals surface area contributed by atoms with Gasteiger partial charge >= 0.3 is 0 Å². The Morgan fingerprint density at radius 1 is 1.24 bits per heavy atom. The molecule has 0 spiro atoms. The van der Waals surface area contributed by atoms with Gasteiger partial charge in [0.05, 0.1) is 6.42 Å². The van der Waals surface area contributed by atoms with E-state index in [-0.39, 0.29) is 5.91 Å². The number of piperidine rings is 1. The van der Waals surface area contributed by atoms with E-state index in [1.54, 1.807) is 0 Å². The van der Waals surface area contributed by atoms with Gasteiger partial charge in [-0.15, -0.1) is 0 Å². The lowest BCUT2D eigenvalue weighted by Gasteiger charge is -2.30. The monoisotopic (exact) mass is 288 g/mol. The highest BCUT2D eigenvalue weighted by Crippen LogP contribution is 2.15. The second-order valence-electron chi connectivity index (χ2n) is 6.20. The van der Waals surface area contributed by atoms with Crippen LogP contribution >= 0.6 is 0 Å². The van der Waals surface area contributed by atoms with Crippen molar-refractivity contribution in [1.82, 2.24) is 10.2 Å². The molecule has 1 saturated heterocycles. The van der Waals surface area contributed by atoms with Crippen molar-refractivity contribution in [3.63, 3.8) is 0 Å². The van der Waals surface area contributed by atoms with Gasteiger partial charge < -0.3 is 10.2 Å². The van der Waals surface area contributed by atoms with Crippen molar-refractivity contribution in [2.24, 2.45) is 5.92 Å². The molecule has 1 aromatic rings. The van der Waals surface area contributed by atoms with Crippen LogP contribution in [0.3, 0.4) is 0 Å². The molecule has 21 heavy (non-hydrogen) atoms. The standard InChI is InChI=1S/C18H28N2O/c1-3-12-20(14-17-8-10-19-11-9-17)18(21)13-16-6-4-15(2)5-7-16/h4-7,17,19H,3,8-14H2,1-2H3. The Morgan fingerprint density at radius 3 is 2.52 bits per heavy atom. The summed E-state index contributed by atoms with van der Waals surface area (Å²) in [4.78, 5) is 14.7. The fourth-order valence-electron chi connectivity index (χ4n) is 2.96. The van der Waals surface area contributed by atoms with E-state index in [0.717, 1.165) is 38.2 Å². The van der Waals surface area contributed by atoms with Crippen LogP contribution in [0.5, 0.6) is 0 Å². The summed E-state index contributed by atoms with van der Waals surface area (Å²) in [6.45, 7) is 8.23. The lowest BCUT2D eigenvalue weighted by atomic mass is 9.97. The maximum atomic E-state index is 12.6. The van der Waals surface area contributed by atoms with E-state index in [1.807, 2.05) is 0 Å². The molecule has 3 nitrogen and oxygen atoms in total. The Labute approximate surface area is 128 Å². The Bertz CT molecular complexity index is 435. The highest BCUT2D eigenvalue weighted by Gasteiger charge is 2.20. The summed E-state index contributed by atoms with van der Waals surface area (Å²) in [5.74, 6) is 0.944. The molecule has 1 amide bonds. The Balaban J connectivity index is 1.92. The molecule has 116 valence electrons. The molecule has 0 aliphatic carbocycles. The zero-order valence-corrected chi connectivity index (χ0v) is 13.4. The summed E-state index contributed by atoms with van der Waals surface area (Å²) in [5, 5.41) is 3.39. The number of rotatable bonds is 6. The molecule has 1 fully saturated rings. The zero-order valence-electron chi connectivity index (χ0n) is 13.4. The van der Waals surface area contributed by atoms with Crippen molar-refractivity contribution in [2.45, 2.75) is 39.5 Å². The number of nitrogens with zero attached hydrogens (tertiary/aromatic N) is 1. The van der Waals surface area contributed by atoms with Crippen molar-refractivity contribution in [3.8, 4) is 0 Å². The summed E-state index contributed by atoms with van der Waals surface area (Å²) < 4.78 is 0. The Morgan fingerprint density at radius 2 is 1.90 bits per heavy atom. The first kappa shape index (κ1) is 16.0. The highest BCUT2D eigenvalue weighted by atomic mass is 16.2. The number of aryl methyl sites for hydroxylation is 1. The van der Waals surface area contributed by atoms with Crippen LogP contribution in [0.1, 0.15) is 37.3 Å². The number of hydrogen-bond donors (Lipinski definition) is 1. The molecule has 3 heteroatoms. The minimum absolute atomic E-state index is 0.277. The van der Waals surface area contributed by atoms with Crippen molar-refractivity contribution < 1.29 is 4.79 Å². The SMILES string of the molecule is CCCN(CC1CCNCC1)C(=O)Cc1ccc(C)cc1. The van der Waals surface area contributed by atoms with E-state index in [4.69, 9.17) is 0 Å². The van der Waals surface area contributed by atoms with Crippen LogP contribution in [0.15, 0.2) is 24.3 Å². The average molecular weight is 288 g/mol. The van der Waals surface area contributed by atoms with Crippen molar-refractivity contribution >= 4 is 5.91 Å². The third-order valence-corrected chi connectivity index (χ3v) is 4.26. The van der Waals surface area contributed by atoms with Gasteiger partial charge in [0.2, 0.25) is 5.91 Å². The maximum Gasteiger partial charge on any atom is 0.226 e. The fraction of sp³-hybridized carbons (Fsp3) is 0.611. The Kier molecular flexibility index (Phi) is 6.24. The first-order chi connectivity index (χ1) is 10.2. The average Bonchev–Trinajstić information content (AvgIpc) is 2.50. The van der Waals surface area contributed by atoms with Crippen LogP contribution in [0.2, 0.25) is 0 Å². The molecule has 2 rings (SSSR count). The Hall–Kier alpha value is -1.35. The summed E-state index contributed by atoms with van der Waals surface area (Å²) >= 11 is 0. The van der Waals surface area contributed by atoms with E-state index < -0.39 is 0 Å². The van der Waals surface area contributed by atoms with Gasteiger partial charge in [0.1, 0.15) is 0 Å². The predicted molar refractivity (Wildman–Crippen MR) is 87.3 cm³/mol. The maximum absolute atomic E-state index is 12.6. The molecular weight excluding hydrogens is 260 g/mol. The van der Waals surface area contributed by atoms with E-state index in [9.17, 15) is 4.79 Å². The van der Waals surface area contributed by atoms with Gasteiger partial charge in [0.25, 0.3) is 0 Å². The van der Waals surface area contributed by atoms with E-state index in [1.165, 1.54) is 18.4 Å². The number of benzene rings is 1. The molecule has 1 aliphatic rings. The first-order valence-electron chi connectivity index (χ1n) is 8.23. The van der Waals surface area contributed by atoms with Crippen LogP contribution in [-0.2, 0) is 11.2 Å². The van der Waals surface area contributed by atoms with Crippen LogP contribution in [0, 0.1) is 12.8 Å². The predicted octanol–water partition coefficient (Wildman–Crippen LogP) is 2.78. The van der Waals surface area contributed by atoms with Crippen molar-refractivity contribution in [2.75, 3.05) is 26.2 Å². The molecule has 0 atom stereocenters. The van der Waals surface area contributed by atoms with E-state index in [0.29, 0.717) is 12.3 Å². The van der Waals surface area contributed by atoms with Crippen LogP contribution in [-0.4, -0.2) is 37.0 Å². The van der Waals surface area contributed by atoms with Crippen molar-refractivity contribution in [1.29, 1.82) is 0 Å². The number of carbonyl (C=O) groups is 1. The number of carbonyl (C=O) groups excluding carboxylic acids is 1. The first-order valence-corrected chi connectivity index (χ1v) is 8.23. The quantitative estimate of drug-likeness (QED) is 0.873. The van der Waals surface area contributed by atoms with E-state index in [2.05, 4.69) is 48.3 Å². The molecular formula is C18H28N2O.